The Hall–Kier alpha value is -2.82. The van der Waals surface area contributed by atoms with E-state index in [-0.39, 0.29) is 5.91 Å². The molecule has 0 aliphatic heterocycles. The number of nitrogens with zero attached hydrogens (tertiary/aromatic N) is 2. The van der Waals surface area contributed by atoms with Gasteiger partial charge in [0, 0.05) is 6.42 Å². The lowest BCUT2D eigenvalue weighted by molar-refractivity contribution is 0.0895. The molecular formula is C19H20N2O3. The van der Waals surface area contributed by atoms with Crippen LogP contribution in [0.1, 0.15) is 23.5 Å². The smallest absolute Gasteiger partial charge is 0.232 e. The molecule has 3 rings (SSSR count). The van der Waals surface area contributed by atoms with Crippen LogP contribution >= 0.6 is 0 Å². The van der Waals surface area contributed by atoms with Gasteiger partial charge >= 0.3 is 0 Å². The number of hydrogen-bond donors (Lipinski definition) is 0. The number of imidazole rings is 1. The van der Waals surface area contributed by atoms with Crippen molar-refractivity contribution in [1.29, 1.82) is 0 Å². The maximum Gasteiger partial charge on any atom is 0.232 e. The van der Waals surface area contributed by atoms with E-state index in [1.54, 1.807) is 11.7 Å². The number of aromatic nitrogens is 2. The summed E-state index contributed by atoms with van der Waals surface area (Å²) < 4.78 is 12.4. The number of benzene rings is 2. The number of hydrogen-bond acceptors (Lipinski definition) is 4. The summed E-state index contributed by atoms with van der Waals surface area (Å²) in [5.41, 5.74) is 1.70. The zero-order chi connectivity index (χ0) is 16.9. The van der Waals surface area contributed by atoms with E-state index < -0.39 is 0 Å². The lowest BCUT2D eigenvalue weighted by Crippen LogP contribution is -2.13. The monoisotopic (exact) mass is 324 g/mol. The second-order valence-corrected chi connectivity index (χ2v) is 5.50. The van der Waals surface area contributed by atoms with E-state index in [2.05, 4.69) is 4.98 Å². The summed E-state index contributed by atoms with van der Waals surface area (Å²) in [6, 6.07) is 15.1. The zero-order valence-corrected chi connectivity index (χ0v) is 13.9. The summed E-state index contributed by atoms with van der Waals surface area (Å²) in [7, 11) is 1.63. The molecule has 5 nitrogen and oxygen atoms in total. The fraction of sp³-hybridized carbons (Fsp3) is 0.263. The molecule has 5 heteroatoms. The van der Waals surface area contributed by atoms with Gasteiger partial charge in [-0.05, 0) is 49.7 Å². The van der Waals surface area contributed by atoms with Gasteiger partial charge in [0.2, 0.25) is 5.91 Å². The molecule has 0 atom stereocenters. The topological polar surface area (TPSA) is 53.4 Å². The molecule has 0 amide bonds. The van der Waals surface area contributed by atoms with Gasteiger partial charge in [-0.3, -0.25) is 9.36 Å². The molecule has 0 saturated heterocycles. The molecule has 0 N–H and O–H groups in total. The second-order valence-electron chi connectivity index (χ2n) is 5.50. The first-order chi connectivity index (χ1) is 11.7. The quantitative estimate of drug-likeness (QED) is 0.646. The van der Waals surface area contributed by atoms with Crippen LogP contribution < -0.4 is 9.47 Å². The number of ether oxygens (including phenoxy) is 2. The number of aryl methyl sites for hydroxylation is 1. The third-order valence-electron chi connectivity index (χ3n) is 3.84. The Kier molecular flexibility index (Phi) is 4.79. The van der Waals surface area contributed by atoms with Crippen LogP contribution in [0.5, 0.6) is 11.5 Å². The lowest BCUT2D eigenvalue weighted by Gasteiger charge is -2.08. The molecule has 1 heterocycles. The van der Waals surface area contributed by atoms with Crippen LogP contribution in [0.25, 0.3) is 11.0 Å². The van der Waals surface area contributed by atoms with E-state index in [0.717, 1.165) is 28.4 Å². The molecule has 0 unspecified atom stereocenters. The highest BCUT2D eigenvalue weighted by molar-refractivity contribution is 5.91. The first-order valence-electron chi connectivity index (χ1n) is 7.93. The average molecular weight is 324 g/mol. The number of fused-ring (bicyclic) bond motifs is 1. The van der Waals surface area contributed by atoms with Gasteiger partial charge in [-0.2, -0.15) is 0 Å². The molecule has 0 saturated carbocycles. The van der Waals surface area contributed by atoms with E-state index in [9.17, 15) is 4.79 Å². The normalized spacial score (nSPS) is 10.8. The molecule has 1 aromatic heterocycles. The fourth-order valence-electron chi connectivity index (χ4n) is 2.66. The standard InChI is InChI=1S/C19H20N2O3/c1-14-20-17-6-3-4-7-18(17)21(14)19(22)8-5-13-24-16-11-9-15(23-2)10-12-16/h3-4,6-7,9-12H,5,8,13H2,1-2H3. The zero-order valence-electron chi connectivity index (χ0n) is 13.9. The van der Waals surface area contributed by atoms with Crippen LogP contribution in [-0.2, 0) is 0 Å². The molecule has 0 bridgehead atoms. The minimum absolute atomic E-state index is 0.0412. The van der Waals surface area contributed by atoms with Crippen LogP contribution in [0.4, 0.5) is 0 Å². The molecule has 0 aliphatic rings. The van der Waals surface area contributed by atoms with Crippen LogP contribution in [0, 0.1) is 6.92 Å². The number of methoxy groups -OCH3 is 1. The molecule has 0 fully saturated rings. The molecule has 124 valence electrons. The van der Waals surface area contributed by atoms with Crippen molar-refractivity contribution in [3.8, 4) is 11.5 Å². The first-order valence-corrected chi connectivity index (χ1v) is 7.93. The minimum Gasteiger partial charge on any atom is -0.497 e. The number of para-hydroxylation sites is 2. The van der Waals surface area contributed by atoms with Crippen molar-refractivity contribution in [2.75, 3.05) is 13.7 Å². The summed E-state index contributed by atoms with van der Waals surface area (Å²) in [5, 5.41) is 0. The van der Waals surface area contributed by atoms with Gasteiger partial charge in [-0.15, -0.1) is 0 Å². The Morgan fingerprint density at radius 1 is 1.08 bits per heavy atom. The maximum atomic E-state index is 12.5. The molecule has 0 spiro atoms. The number of carbonyl (C=O) groups excluding carboxylic acids is 1. The van der Waals surface area contributed by atoms with Gasteiger partial charge in [-0.25, -0.2) is 4.98 Å². The molecule has 24 heavy (non-hydrogen) atoms. The molecule has 0 aliphatic carbocycles. The van der Waals surface area contributed by atoms with Gasteiger partial charge in [0.25, 0.3) is 0 Å². The Bertz CT molecular complexity index is 837. The van der Waals surface area contributed by atoms with Crippen molar-refractivity contribution in [1.82, 2.24) is 9.55 Å². The Morgan fingerprint density at radius 2 is 1.79 bits per heavy atom. The highest BCUT2D eigenvalue weighted by Crippen LogP contribution is 2.18. The summed E-state index contributed by atoms with van der Waals surface area (Å²) >= 11 is 0. The Morgan fingerprint density at radius 3 is 2.54 bits per heavy atom. The maximum absolute atomic E-state index is 12.5. The summed E-state index contributed by atoms with van der Waals surface area (Å²) in [4.78, 5) is 16.9. The van der Waals surface area contributed by atoms with Crippen LogP contribution in [-0.4, -0.2) is 29.2 Å². The van der Waals surface area contributed by atoms with Crippen molar-refractivity contribution in [2.45, 2.75) is 19.8 Å². The van der Waals surface area contributed by atoms with E-state index in [1.165, 1.54) is 0 Å². The van der Waals surface area contributed by atoms with E-state index in [1.807, 2.05) is 55.5 Å². The van der Waals surface area contributed by atoms with E-state index in [4.69, 9.17) is 9.47 Å². The minimum atomic E-state index is 0.0412. The van der Waals surface area contributed by atoms with Crippen molar-refractivity contribution in [2.24, 2.45) is 0 Å². The largest absolute Gasteiger partial charge is 0.497 e. The first kappa shape index (κ1) is 16.1. The Balaban J connectivity index is 1.56. The van der Waals surface area contributed by atoms with Crippen LogP contribution in [0.3, 0.4) is 0 Å². The average Bonchev–Trinajstić information content (AvgIpc) is 2.95. The predicted molar refractivity (Wildman–Crippen MR) is 92.8 cm³/mol. The summed E-state index contributed by atoms with van der Waals surface area (Å²) in [6.45, 7) is 2.34. The highest BCUT2D eigenvalue weighted by Gasteiger charge is 2.13. The van der Waals surface area contributed by atoms with Crippen LogP contribution in [0.15, 0.2) is 48.5 Å². The third-order valence-corrected chi connectivity index (χ3v) is 3.84. The van der Waals surface area contributed by atoms with Gasteiger partial charge in [0.1, 0.15) is 17.3 Å². The van der Waals surface area contributed by atoms with Gasteiger partial charge in [0.05, 0.1) is 24.8 Å². The summed E-state index contributed by atoms with van der Waals surface area (Å²) in [5.74, 6) is 2.32. The third kappa shape index (κ3) is 3.40. The number of rotatable bonds is 6. The van der Waals surface area contributed by atoms with E-state index in [0.29, 0.717) is 19.4 Å². The summed E-state index contributed by atoms with van der Waals surface area (Å²) in [6.07, 6.45) is 1.06. The highest BCUT2D eigenvalue weighted by atomic mass is 16.5. The number of carbonyl (C=O) groups is 1. The van der Waals surface area contributed by atoms with Gasteiger partial charge < -0.3 is 9.47 Å². The fourth-order valence-corrected chi connectivity index (χ4v) is 2.66. The van der Waals surface area contributed by atoms with Gasteiger partial charge in [-0.1, -0.05) is 12.1 Å². The van der Waals surface area contributed by atoms with Crippen molar-refractivity contribution in [3.05, 3.63) is 54.4 Å². The van der Waals surface area contributed by atoms with Crippen molar-refractivity contribution < 1.29 is 14.3 Å². The molecular weight excluding hydrogens is 304 g/mol. The lowest BCUT2D eigenvalue weighted by atomic mass is 10.2. The second kappa shape index (κ2) is 7.17. The predicted octanol–water partition coefficient (Wildman–Crippen LogP) is 3.85. The SMILES string of the molecule is COc1ccc(OCCCC(=O)n2c(C)nc3ccccc32)cc1. The Labute approximate surface area is 140 Å². The molecule has 2 aromatic carbocycles. The van der Waals surface area contributed by atoms with E-state index >= 15 is 0 Å². The van der Waals surface area contributed by atoms with Crippen molar-refractivity contribution >= 4 is 16.9 Å². The molecule has 3 aromatic rings. The van der Waals surface area contributed by atoms with Gasteiger partial charge in [0.15, 0.2) is 0 Å². The molecule has 0 radical (unpaired) electrons. The van der Waals surface area contributed by atoms with Crippen molar-refractivity contribution in [3.63, 3.8) is 0 Å². The van der Waals surface area contributed by atoms with Crippen LogP contribution in [0.2, 0.25) is 0 Å².